The molecule has 3 aliphatic rings. The number of hydrogen-bond acceptors (Lipinski definition) is 0. The van der Waals surface area contributed by atoms with Crippen LogP contribution < -0.4 is 0 Å². The van der Waals surface area contributed by atoms with Crippen molar-refractivity contribution in [2.75, 3.05) is 0 Å². The molecule has 0 saturated carbocycles. The highest BCUT2D eigenvalue weighted by atomic mass is 14.6. The largest absolute Gasteiger partial charge is 0.0955 e. The van der Waals surface area contributed by atoms with E-state index in [1.54, 1.807) is 0 Å². The minimum absolute atomic E-state index is 0.00709. The number of hydrogen-bond donors (Lipinski definition) is 0. The first-order valence-electron chi connectivity index (χ1n) is 14.9. The third-order valence-electron chi connectivity index (χ3n) is 10.7. The van der Waals surface area contributed by atoms with Crippen LogP contribution in [0.3, 0.4) is 0 Å². The van der Waals surface area contributed by atoms with Crippen LogP contribution in [-0.4, -0.2) is 0 Å². The van der Waals surface area contributed by atoms with E-state index >= 15 is 0 Å². The molecule has 5 rings (SSSR count). The third kappa shape index (κ3) is 3.96. The van der Waals surface area contributed by atoms with Gasteiger partial charge in [-0.1, -0.05) is 101 Å². The molecule has 0 saturated heterocycles. The van der Waals surface area contributed by atoms with Crippen LogP contribution in [0.1, 0.15) is 108 Å². The summed E-state index contributed by atoms with van der Waals surface area (Å²) in [5.74, 6) is 7.57. The fourth-order valence-electron chi connectivity index (χ4n) is 8.75. The minimum Gasteiger partial charge on any atom is -0.0955 e. The fourth-order valence-corrected chi connectivity index (χ4v) is 8.75. The van der Waals surface area contributed by atoms with Gasteiger partial charge in [-0.15, -0.1) is 0 Å². The van der Waals surface area contributed by atoms with Gasteiger partial charge in [0.1, 0.15) is 0 Å². The molecule has 0 heteroatoms. The molecule has 0 spiro atoms. The van der Waals surface area contributed by atoms with Crippen molar-refractivity contribution in [3.8, 4) is 11.8 Å². The van der Waals surface area contributed by atoms with E-state index in [0.29, 0.717) is 5.92 Å². The van der Waals surface area contributed by atoms with E-state index in [4.69, 9.17) is 13.2 Å². The Hall–Kier alpha value is -3.30. The van der Waals surface area contributed by atoms with Crippen LogP contribution in [0.4, 0.5) is 0 Å². The number of aryl methyl sites for hydroxylation is 1. The summed E-state index contributed by atoms with van der Waals surface area (Å²) in [4.78, 5) is 0. The standard InChI is InChI=1S/C40H46/c1-24(2)32-18-14-31(15-19-32)16-20-33-17-13-26(5)36-28(7)37-30(9)40(12)29(8)35(25(3)4)27(6)21-39(40,11)23-38(37,10)22-34(33)36/h13-15,17-19,24H,3,7-8,21-23H2,1-2,4-6,9-12H3/t38-,39+,40-/m1/s1. The van der Waals surface area contributed by atoms with E-state index in [1.165, 1.54) is 55.7 Å². The predicted octanol–water partition coefficient (Wildman–Crippen LogP) is 10.7. The van der Waals surface area contributed by atoms with Gasteiger partial charge in [0.15, 0.2) is 0 Å². The average molecular weight is 527 g/mol. The van der Waals surface area contributed by atoms with Gasteiger partial charge in [-0.3, -0.25) is 0 Å². The fraction of sp³-hybridized carbons (Fsp3) is 0.400. The summed E-state index contributed by atoms with van der Waals surface area (Å²) in [6, 6.07) is 13.2. The second kappa shape index (κ2) is 9.38. The Morgan fingerprint density at radius 3 is 2.15 bits per heavy atom. The molecule has 2 aromatic carbocycles. The van der Waals surface area contributed by atoms with E-state index in [1.807, 2.05) is 0 Å². The van der Waals surface area contributed by atoms with Crippen molar-refractivity contribution in [3.63, 3.8) is 0 Å². The topological polar surface area (TPSA) is 0 Å². The maximum Gasteiger partial charge on any atom is 0.0287 e. The first-order chi connectivity index (χ1) is 18.6. The molecule has 3 atom stereocenters. The second-order valence-electron chi connectivity index (χ2n) is 14.0. The van der Waals surface area contributed by atoms with Gasteiger partial charge in [-0.25, -0.2) is 0 Å². The van der Waals surface area contributed by atoms with Crippen molar-refractivity contribution in [1.82, 2.24) is 0 Å². The number of fused-ring (bicyclic) bond motifs is 3. The van der Waals surface area contributed by atoms with Gasteiger partial charge in [0.2, 0.25) is 0 Å². The van der Waals surface area contributed by atoms with Crippen LogP contribution in [0.25, 0.3) is 5.57 Å². The molecule has 0 bridgehead atoms. The predicted molar refractivity (Wildman–Crippen MR) is 173 cm³/mol. The van der Waals surface area contributed by atoms with Crippen molar-refractivity contribution < 1.29 is 0 Å². The molecule has 40 heavy (non-hydrogen) atoms. The van der Waals surface area contributed by atoms with Crippen LogP contribution in [0.2, 0.25) is 0 Å². The summed E-state index contributed by atoms with van der Waals surface area (Å²) in [5, 5.41) is 0. The highest BCUT2D eigenvalue weighted by molar-refractivity contribution is 5.87. The molecule has 206 valence electrons. The van der Waals surface area contributed by atoms with E-state index in [9.17, 15) is 0 Å². The molecule has 0 amide bonds. The Balaban J connectivity index is 1.66. The third-order valence-corrected chi connectivity index (χ3v) is 10.7. The quantitative estimate of drug-likeness (QED) is 0.341. The van der Waals surface area contributed by atoms with E-state index in [-0.39, 0.29) is 16.2 Å². The van der Waals surface area contributed by atoms with Crippen LogP contribution in [0, 0.1) is 35.0 Å². The Kier molecular flexibility index (Phi) is 6.62. The van der Waals surface area contributed by atoms with Gasteiger partial charge in [-0.2, -0.15) is 0 Å². The minimum atomic E-state index is -0.135. The maximum atomic E-state index is 4.80. The van der Waals surface area contributed by atoms with Crippen LogP contribution in [0.5, 0.6) is 0 Å². The van der Waals surface area contributed by atoms with E-state index in [2.05, 4.69) is 117 Å². The maximum absolute atomic E-state index is 4.80. The van der Waals surface area contributed by atoms with Gasteiger partial charge < -0.3 is 0 Å². The zero-order valence-corrected chi connectivity index (χ0v) is 26.3. The second-order valence-corrected chi connectivity index (χ2v) is 14.0. The van der Waals surface area contributed by atoms with Crippen LogP contribution >= 0.6 is 0 Å². The molecule has 0 fully saturated rings. The zero-order chi connectivity index (χ0) is 29.4. The SMILES string of the molecule is C=C(C)C1=C(C)C[C@@]2(C)C[C@@]3(C)Cc4c(C#Cc5ccc(C(C)C)cc5)ccc(C)c4C(=C)C3=C(C)[C@@]2(C)C1=C. The number of allylic oxidation sites excluding steroid dienone is 7. The van der Waals surface area contributed by atoms with Crippen molar-refractivity contribution >= 4 is 5.57 Å². The summed E-state index contributed by atoms with van der Waals surface area (Å²) < 4.78 is 0. The Labute approximate surface area is 243 Å². The van der Waals surface area contributed by atoms with Crippen molar-refractivity contribution in [2.45, 2.75) is 87.5 Å². The van der Waals surface area contributed by atoms with Crippen molar-refractivity contribution in [1.29, 1.82) is 0 Å². The Bertz CT molecular complexity index is 1600. The zero-order valence-electron chi connectivity index (χ0n) is 26.3. The molecule has 0 heterocycles. The van der Waals surface area contributed by atoms with Gasteiger partial charge in [0, 0.05) is 16.5 Å². The smallest absolute Gasteiger partial charge is 0.0287 e. The van der Waals surface area contributed by atoms with Gasteiger partial charge >= 0.3 is 0 Å². The lowest BCUT2D eigenvalue weighted by Gasteiger charge is -2.62. The Morgan fingerprint density at radius 1 is 0.900 bits per heavy atom. The van der Waals surface area contributed by atoms with Gasteiger partial charge in [0.25, 0.3) is 0 Å². The van der Waals surface area contributed by atoms with Gasteiger partial charge in [-0.05, 0) is 126 Å². The van der Waals surface area contributed by atoms with Crippen LogP contribution in [0.15, 0.2) is 89.6 Å². The van der Waals surface area contributed by atoms with E-state index < -0.39 is 0 Å². The highest BCUT2D eigenvalue weighted by Gasteiger charge is 2.59. The van der Waals surface area contributed by atoms with E-state index in [0.717, 1.165) is 36.0 Å². The summed E-state index contributed by atoms with van der Waals surface area (Å²) in [5.41, 5.74) is 16.6. The highest BCUT2D eigenvalue weighted by Crippen LogP contribution is 2.70. The lowest BCUT2D eigenvalue weighted by molar-refractivity contribution is 0.0544. The van der Waals surface area contributed by atoms with Crippen LogP contribution in [-0.2, 0) is 6.42 Å². The molecule has 3 aliphatic carbocycles. The van der Waals surface area contributed by atoms with Crippen molar-refractivity contribution in [3.05, 3.63) is 123 Å². The molecule has 0 N–H and O–H groups in total. The molecule has 0 aliphatic heterocycles. The molecule has 2 aromatic rings. The normalized spacial score (nSPS) is 27.6. The summed E-state index contributed by atoms with van der Waals surface area (Å²) in [7, 11) is 0. The molecule has 0 unspecified atom stereocenters. The summed E-state index contributed by atoms with van der Waals surface area (Å²) >= 11 is 0. The first kappa shape index (κ1) is 28.2. The molecule has 0 nitrogen and oxygen atoms in total. The first-order valence-corrected chi connectivity index (χ1v) is 14.9. The van der Waals surface area contributed by atoms with Gasteiger partial charge in [0.05, 0.1) is 0 Å². The molecular weight excluding hydrogens is 480 g/mol. The average Bonchev–Trinajstić information content (AvgIpc) is 2.85. The summed E-state index contributed by atoms with van der Waals surface area (Å²) in [6.07, 6.45) is 3.15. The molecular formula is C40H46. The lowest BCUT2D eigenvalue weighted by atomic mass is 9.41. The molecule has 0 aromatic heterocycles. The molecule has 0 radical (unpaired) electrons. The number of benzene rings is 2. The summed E-state index contributed by atoms with van der Waals surface area (Å²) in [6.45, 7) is 34.8. The lowest BCUT2D eigenvalue weighted by Crippen LogP contribution is -2.52. The van der Waals surface area contributed by atoms with Crippen molar-refractivity contribution in [2.24, 2.45) is 16.2 Å². The number of rotatable bonds is 2. The monoisotopic (exact) mass is 526 g/mol. The Morgan fingerprint density at radius 2 is 1.55 bits per heavy atom.